The number of likely N-dealkylation sites (N-methyl/N-ethyl adjacent to an activating group) is 1. The number of hydrogen-bond donors (Lipinski definition) is 1. The Kier molecular flexibility index (Phi) is 5.14. The number of fused-ring (bicyclic) bond motifs is 1. The van der Waals surface area contributed by atoms with Crippen molar-refractivity contribution in [1.29, 1.82) is 0 Å². The Balaban J connectivity index is 1.80. The minimum atomic E-state index is -4.44. The number of piperazine rings is 1. The number of hydrogen-bond acceptors (Lipinski definition) is 5. The summed E-state index contributed by atoms with van der Waals surface area (Å²) >= 11 is 0. The predicted octanol–water partition coefficient (Wildman–Crippen LogP) is 3.69. The highest BCUT2D eigenvalue weighted by molar-refractivity contribution is 5.85. The molecule has 0 saturated carbocycles. The largest absolute Gasteiger partial charge is 0.505 e. The van der Waals surface area contributed by atoms with Crippen LogP contribution in [-0.4, -0.2) is 58.1 Å². The van der Waals surface area contributed by atoms with E-state index in [0.29, 0.717) is 29.9 Å². The Morgan fingerprint density at radius 2 is 1.76 bits per heavy atom. The van der Waals surface area contributed by atoms with E-state index in [1.807, 2.05) is 25.2 Å². The topological polar surface area (TPSA) is 52.5 Å². The molecule has 1 aliphatic heterocycles. The van der Waals surface area contributed by atoms with Crippen molar-refractivity contribution in [3.63, 3.8) is 0 Å². The summed E-state index contributed by atoms with van der Waals surface area (Å²) in [5.74, 6) is 0.0359. The molecule has 0 radical (unpaired) electrons. The quantitative estimate of drug-likeness (QED) is 0.724. The summed E-state index contributed by atoms with van der Waals surface area (Å²) in [7, 11) is 2.03. The number of pyridine rings is 2. The molecule has 1 aliphatic rings. The second-order valence-corrected chi connectivity index (χ2v) is 7.29. The van der Waals surface area contributed by atoms with E-state index in [4.69, 9.17) is 0 Å². The molecular formula is C21H21F3N4O. The van der Waals surface area contributed by atoms with E-state index in [1.165, 1.54) is 6.07 Å². The van der Waals surface area contributed by atoms with Crippen molar-refractivity contribution in [3.05, 3.63) is 65.6 Å². The van der Waals surface area contributed by atoms with Gasteiger partial charge in [0.1, 0.15) is 11.3 Å². The molecule has 1 fully saturated rings. The lowest BCUT2D eigenvalue weighted by Gasteiger charge is -2.38. The van der Waals surface area contributed by atoms with Crippen LogP contribution in [-0.2, 0) is 6.18 Å². The van der Waals surface area contributed by atoms with Crippen LogP contribution in [0.15, 0.2) is 48.8 Å². The summed E-state index contributed by atoms with van der Waals surface area (Å²) in [6.07, 6.45) is -1.98. The van der Waals surface area contributed by atoms with Crippen LogP contribution < -0.4 is 0 Å². The average Bonchev–Trinajstić information content (AvgIpc) is 2.71. The van der Waals surface area contributed by atoms with Gasteiger partial charge in [0, 0.05) is 49.5 Å². The van der Waals surface area contributed by atoms with Crippen LogP contribution in [0, 0.1) is 0 Å². The number of phenols is 1. The lowest BCUT2D eigenvalue weighted by molar-refractivity contribution is -0.137. The minimum absolute atomic E-state index is 0.0359. The van der Waals surface area contributed by atoms with Gasteiger partial charge in [-0.25, -0.2) is 0 Å². The molecule has 0 bridgehead atoms. The van der Waals surface area contributed by atoms with Crippen LogP contribution in [0.25, 0.3) is 10.9 Å². The monoisotopic (exact) mass is 402 g/mol. The van der Waals surface area contributed by atoms with E-state index in [2.05, 4.69) is 19.8 Å². The zero-order chi connectivity index (χ0) is 20.6. The lowest BCUT2D eigenvalue weighted by atomic mass is 9.97. The highest BCUT2D eigenvalue weighted by Gasteiger charge is 2.33. The highest BCUT2D eigenvalue weighted by Crippen LogP contribution is 2.38. The summed E-state index contributed by atoms with van der Waals surface area (Å²) in [5, 5.41) is 11.7. The van der Waals surface area contributed by atoms with E-state index in [9.17, 15) is 18.3 Å². The highest BCUT2D eigenvalue weighted by atomic mass is 19.4. The smallest absolute Gasteiger partial charge is 0.417 e. The van der Waals surface area contributed by atoms with Crippen molar-refractivity contribution in [3.8, 4) is 5.75 Å². The van der Waals surface area contributed by atoms with E-state index in [-0.39, 0.29) is 5.75 Å². The Hall–Kier alpha value is -2.71. The predicted molar refractivity (Wildman–Crippen MR) is 104 cm³/mol. The average molecular weight is 402 g/mol. The first-order valence-electron chi connectivity index (χ1n) is 9.37. The molecule has 3 aromatic rings. The summed E-state index contributed by atoms with van der Waals surface area (Å²) < 4.78 is 38.9. The van der Waals surface area contributed by atoms with Crippen LogP contribution in [0.5, 0.6) is 5.75 Å². The number of halogens is 3. The van der Waals surface area contributed by atoms with E-state index < -0.39 is 17.8 Å². The van der Waals surface area contributed by atoms with Gasteiger partial charge < -0.3 is 10.0 Å². The number of aromatic nitrogens is 2. The molecule has 0 unspecified atom stereocenters. The van der Waals surface area contributed by atoms with Crippen molar-refractivity contribution >= 4 is 10.9 Å². The standard InChI is InChI=1S/C21H21F3N4O/c1-27-9-11-28(12-10-27)19(17-7-5-15(13-26-17)21(22,23)24)16-6-4-14-3-2-8-25-18(14)20(16)29/h2-8,13,19,29H,9-12H2,1H3/t19-/m0/s1. The fourth-order valence-corrected chi connectivity index (χ4v) is 3.72. The fraction of sp³-hybridized carbons (Fsp3) is 0.333. The molecule has 4 rings (SSSR count). The van der Waals surface area contributed by atoms with Crippen LogP contribution in [0.1, 0.15) is 22.9 Å². The molecule has 0 amide bonds. The minimum Gasteiger partial charge on any atom is -0.505 e. The SMILES string of the molecule is CN1CCN([C@H](c2ccc(C(F)(F)F)cn2)c2ccc3cccnc3c2O)CC1. The van der Waals surface area contributed by atoms with Crippen LogP contribution in [0.3, 0.4) is 0 Å². The van der Waals surface area contributed by atoms with Gasteiger partial charge in [-0.15, -0.1) is 0 Å². The molecule has 2 aromatic heterocycles. The zero-order valence-corrected chi connectivity index (χ0v) is 15.9. The summed E-state index contributed by atoms with van der Waals surface area (Å²) in [4.78, 5) is 12.7. The Labute approximate surface area is 166 Å². The first kappa shape index (κ1) is 19.6. The third-order valence-electron chi connectivity index (χ3n) is 5.37. The molecule has 29 heavy (non-hydrogen) atoms. The fourth-order valence-electron chi connectivity index (χ4n) is 3.72. The lowest BCUT2D eigenvalue weighted by Crippen LogP contribution is -2.46. The van der Waals surface area contributed by atoms with Crippen molar-refractivity contribution < 1.29 is 18.3 Å². The van der Waals surface area contributed by atoms with Crippen LogP contribution in [0.4, 0.5) is 13.2 Å². The molecule has 0 aliphatic carbocycles. The number of alkyl halides is 3. The van der Waals surface area contributed by atoms with Gasteiger partial charge in [-0.2, -0.15) is 13.2 Å². The van der Waals surface area contributed by atoms with Gasteiger partial charge in [-0.05, 0) is 25.2 Å². The second kappa shape index (κ2) is 7.61. The number of aromatic hydroxyl groups is 1. The summed E-state index contributed by atoms with van der Waals surface area (Å²) in [6, 6.07) is 9.29. The Morgan fingerprint density at radius 3 is 2.41 bits per heavy atom. The van der Waals surface area contributed by atoms with E-state index >= 15 is 0 Å². The maximum absolute atomic E-state index is 13.0. The molecule has 1 N–H and O–H groups in total. The first-order valence-corrected chi connectivity index (χ1v) is 9.37. The van der Waals surface area contributed by atoms with Gasteiger partial charge in [-0.3, -0.25) is 14.9 Å². The molecule has 152 valence electrons. The van der Waals surface area contributed by atoms with Crippen molar-refractivity contribution in [2.24, 2.45) is 0 Å². The van der Waals surface area contributed by atoms with Crippen LogP contribution in [0.2, 0.25) is 0 Å². The maximum atomic E-state index is 13.0. The number of phenolic OH excluding ortho intramolecular Hbond substituents is 1. The van der Waals surface area contributed by atoms with Gasteiger partial charge in [-0.1, -0.05) is 18.2 Å². The number of nitrogens with zero attached hydrogens (tertiary/aromatic N) is 4. The number of rotatable bonds is 3. The van der Waals surface area contributed by atoms with E-state index in [0.717, 1.165) is 30.7 Å². The molecule has 5 nitrogen and oxygen atoms in total. The van der Waals surface area contributed by atoms with Crippen molar-refractivity contribution in [2.45, 2.75) is 12.2 Å². The van der Waals surface area contributed by atoms with E-state index in [1.54, 1.807) is 12.3 Å². The zero-order valence-electron chi connectivity index (χ0n) is 15.9. The van der Waals surface area contributed by atoms with Gasteiger partial charge in [0.15, 0.2) is 0 Å². The van der Waals surface area contributed by atoms with Gasteiger partial charge in [0.25, 0.3) is 0 Å². The Morgan fingerprint density at radius 1 is 1.00 bits per heavy atom. The van der Waals surface area contributed by atoms with Gasteiger partial charge in [0.05, 0.1) is 17.3 Å². The summed E-state index contributed by atoms with van der Waals surface area (Å²) in [5.41, 5.74) is 0.736. The first-order chi connectivity index (χ1) is 13.8. The van der Waals surface area contributed by atoms with Crippen molar-refractivity contribution in [1.82, 2.24) is 19.8 Å². The third-order valence-corrected chi connectivity index (χ3v) is 5.37. The molecule has 1 aromatic carbocycles. The molecular weight excluding hydrogens is 381 g/mol. The Bertz CT molecular complexity index is 999. The molecule has 8 heteroatoms. The van der Waals surface area contributed by atoms with Crippen molar-refractivity contribution in [2.75, 3.05) is 33.2 Å². The summed E-state index contributed by atoms with van der Waals surface area (Å²) in [6.45, 7) is 3.07. The molecule has 0 spiro atoms. The molecule has 1 atom stereocenters. The molecule has 3 heterocycles. The third kappa shape index (κ3) is 3.90. The second-order valence-electron chi connectivity index (χ2n) is 7.29. The van der Waals surface area contributed by atoms with Crippen LogP contribution >= 0.6 is 0 Å². The normalized spacial score (nSPS) is 17.5. The molecule has 1 saturated heterocycles. The number of benzene rings is 1. The van der Waals surface area contributed by atoms with Gasteiger partial charge >= 0.3 is 6.18 Å². The van der Waals surface area contributed by atoms with Gasteiger partial charge in [0.2, 0.25) is 0 Å². The maximum Gasteiger partial charge on any atom is 0.417 e.